The molecule has 0 aromatic heterocycles. The molecule has 0 aromatic carbocycles. The molecular weight excluding hydrogens is 661 g/mol. The maximum absolute atomic E-state index is 13.2. The molecule has 1 aliphatic heterocycles. The molecule has 0 amide bonds. The molecule has 1 heterocycles. The van der Waals surface area contributed by atoms with Crippen LogP contribution in [0.5, 0.6) is 0 Å². The van der Waals surface area contributed by atoms with E-state index in [4.69, 9.17) is 14.2 Å². The van der Waals surface area contributed by atoms with Crippen LogP contribution in [0.2, 0.25) is 0 Å². The van der Waals surface area contributed by atoms with Gasteiger partial charge in [-0.1, -0.05) is 130 Å². The van der Waals surface area contributed by atoms with E-state index in [-0.39, 0.29) is 45.9 Å². The first-order valence-electron chi connectivity index (χ1n) is 22.5. The fourth-order valence-corrected chi connectivity index (χ4v) is 13.1. The highest BCUT2D eigenvalue weighted by atomic mass is 16.7. The van der Waals surface area contributed by atoms with E-state index in [0.29, 0.717) is 24.2 Å². The van der Waals surface area contributed by atoms with Crippen LogP contribution in [0.15, 0.2) is 11.6 Å². The largest absolute Gasteiger partial charge is 0.462 e. The molecule has 53 heavy (non-hydrogen) atoms. The summed E-state index contributed by atoms with van der Waals surface area (Å²) in [5.74, 6) is 1.69. The number of aliphatic hydroxyl groups is 2. The summed E-state index contributed by atoms with van der Waals surface area (Å²) in [6.07, 6.45) is 27.1. The standard InChI is InChI=1S/C47H82O6/c1-10-11-12-13-14-15-16-17-18-19-20-21-22-23-40(48)53-39-28-29-45(6)35-27-31-46(7)34(33-32-37(52-42(33)51-9)41(49)44(4,5)50)26-30-47(46,8)36(35)24-25-38(45)43(39,2)3/h24,33-35,37-39,41-42,49-50H,10-23,25-32H2,1-9H3. The van der Waals surface area contributed by atoms with Gasteiger partial charge in [0.25, 0.3) is 0 Å². The molecule has 0 bridgehead atoms. The second-order valence-corrected chi connectivity index (χ2v) is 20.5. The molecule has 5 aliphatic rings. The van der Waals surface area contributed by atoms with Gasteiger partial charge in [0.2, 0.25) is 0 Å². The van der Waals surface area contributed by atoms with Crippen molar-refractivity contribution in [3.05, 3.63) is 11.6 Å². The average molecular weight is 743 g/mol. The van der Waals surface area contributed by atoms with Crippen LogP contribution in [-0.4, -0.2) is 53.5 Å². The molecule has 0 spiro atoms. The van der Waals surface area contributed by atoms with E-state index >= 15 is 0 Å². The second kappa shape index (κ2) is 17.7. The minimum atomic E-state index is -1.22. The molecule has 11 atom stereocenters. The zero-order chi connectivity index (χ0) is 38.7. The third-order valence-electron chi connectivity index (χ3n) is 16.6. The van der Waals surface area contributed by atoms with E-state index in [1.807, 2.05) is 0 Å². The molecule has 4 fully saturated rings. The Labute approximate surface area is 325 Å². The number of ether oxygens (including phenoxy) is 3. The second-order valence-electron chi connectivity index (χ2n) is 20.5. The number of hydrogen-bond donors (Lipinski definition) is 2. The van der Waals surface area contributed by atoms with Crippen molar-refractivity contribution >= 4 is 5.97 Å². The summed E-state index contributed by atoms with van der Waals surface area (Å²) >= 11 is 0. The highest BCUT2D eigenvalue weighted by Gasteiger charge is 2.67. The van der Waals surface area contributed by atoms with E-state index < -0.39 is 17.8 Å². The zero-order valence-electron chi connectivity index (χ0n) is 35.8. The van der Waals surface area contributed by atoms with E-state index in [2.05, 4.69) is 47.6 Å². The van der Waals surface area contributed by atoms with Gasteiger partial charge in [0.1, 0.15) is 12.2 Å². The third kappa shape index (κ3) is 8.81. The third-order valence-corrected chi connectivity index (χ3v) is 16.6. The molecule has 306 valence electrons. The highest BCUT2D eigenvalue weighted by Crippen LogP contribution is 2.74. The lowest BCUT2D eigenvalue weighted by Gasteiger charge is -2.64. The molecular formula is C47H82O6. The van der Waals surface area contributed by atoms with Crippen LogP contribution in [0.25, 0.3) is 0 Å². The van der Waals surface area contributed by atoms with Gasteiger partial charge in [-0.05, 0) is 106 Å². The minimum Gasteiger partial charge on any atom is -0.462 e. The topological polar surface area (TPSA) is 85.2 Å². The summed E-state index contributed by atoms with van der Waals surface area (Å²) in [5, 5.41) is 21.5. The van der Waals surface area contributed by atoms with E-state index in [1.54, 1.807) is 26.5 Å². The summed E-state index contributed by atoms with van der Waals surface area (Å²) in [6, 6.07) is 0. The van der Waals surface area contributed by atoms with Gasteiger partial charge in [-0.15, -0.1) is 0 Å². The van der Waals surface area contributed by atoms with Crippen molar-refractivity contribution in [1.82, 2.24) is 0 Å². The number of carbonyl (C=O) groups excluding carboxylic acids is 1. The summed E-state index contributed by atoms with van der Waals surface area (Å²) in [4.78, 5) is 13.2. The number of carbonyl (C=O) groups is 1. The Morgan fingerprint density at radius 3 is 2.08 bits per heavy atom. The van der Waals surface area contributed by atoms with Gasteiger partial charge < -0.3 is 24.4 Å². The van der Waals surface area contributed by atoms with E-state index in [0.717, 1.165) is 44.9 Å². The van der Waals surface area contributed by atoms with Gasteiger partial charge in [0.05, 0.1) is 11.7 Å². The van der Waals surface area contributed by atoms with Crippen LogP contribution in [0.3, 0.4) is 0 Å². The summed E-state index contributed by atoms with van der Waals surface area (Å²) in [7, 11) is 1.73. The Balaban J connectivity index is 1.13. The van der Waals surface area contributed by atoms with Crippen molar-refractivity contribution in [2.45, 2.75) is 227 Å². The molecule has 5 rings (SSSR count). The van der Waals surface area contributed by atoms with Gasteiger partial charge in [0, 0.05) is 24.9 Å². The van der Waals surface area contributed by atoms with Crippen LogP contribution in [0.1, 0.15) is 197 Å². The molecule has 1 saturated heterocycles. The molecule has 2 N–H and O–H groups in total. The molecule has 0 radical (unpaired) electrons. The lowest BCUT2D eigenvalue weighted by molar-refractivity contribution is -0.185. The number of methoxy groups -OCH3 is 1. The Kier molecular flexibility index (Phi) is 14.4. The van der Waals surface area contributed by atoms with Crippen molar-refractivity contribution in [1.29, 1.82) is 0 Å². The number of rotatable bonds is 19. The Hall–Kier alpha value is -0.950. The Morgan fingerprint density at radius 1 is 0.887 bits per heavy atom. The number of fused-ring (bicyclic) bond motifs is 5. The summed E-state index contributed by atoms with van der Waals surface area (Å²) in [5.41, 5.74) is 0.835. The van der Waals surface area contributed by atoms with Crippen LogP contribution >= 0.6 is 0 Å². The monoisotopic (exact) mass is 743 g/mol. The van der Waals surface area contributed by atoms with Crippen LogP contribution in [0.4, 0.5) is 0 Å². The first kappa shape index (κ1) is 43.2. The fourth-order valence-electron chi connectivity index (χ4n) is 13.1. The van der Waals surface area contributed by atoms with E-state index in [9.17, 15) is 15.0 Å². The number of allylic oxidation sites excluding steroid dienone is 2. The predicted molar refractivity (Wildman–Crippen MR) is 215 cm³/mol. The van der Waals surface area contributed by atoms with Gasteiger partial charge in [0.15, 0.2) is 6.29 Å². The SMILES string of the molecule is CCCCCCCCCCCCCCCC(=O)OC1CCC2(C)C3CCC4(C)C(C5CC(C(O)C(C)(C)O)OC5OC)CCC4(C)C3=CCC2C1(C)C. The Morgan fingerprint density at radius 2 is 1.49 bits per heavy atom. The maximum atomic E-state index is 13.2. The van der Waals surface area contributed by atoms with E-state index in [1.165, 1.54) is 89.9 Å². The zero-order valence-corrected chi connectivity index (χ0v) is 35.8. The smallest absolute Gasteiger partial charge is 0.306 e. The molecule has 11 unspecified atom stereocenters. The van der Waals surface area contributed by atoms with Crippen LogP contribution in [0, 0.1) is 45.3 Å². The lowest BCUT2D eigenvalue weighted by atomic mass is 9.41. The molecule has 6 nitrogen and oxygen atoms in total. The van der Waals surface area contributed by atoms with Crippen molar-refractivity contribution < 1.29 is 29.2 Å². The van der Waals surface area contributed by atoms with Crippen molar-refractivity contribution in [3.63, 3.8) is 0 Å². The molecule has 3 saturated carbocycles. The Bertz CT molecular complexity index is 1220. The van der Waals surface area contributed by atoms with Gasteiger partial charge in [-0.25, -0.2) is 0 Å². The maximum Gasteiger partial charge on any atom is 0.306 e. The first-order valence-corrected chi connectivity index (χ1v) is 22.5. The van der Waals surface area contributed by atoms with Gasteiger partial charge in [-0.3, -0.25) is 4.79 Å². The van der Waals surface area contributed by atoms with Crippen molar-refractivity contribution in [2.24, 2.45) is 45.3 Å². The van der Waals surface area contributed by atoms with Gasteiger partial charge in [-0.2, -0.15) is 0 Å². The minimum absolute atomic E-state index is 0.00848. The highest BCUT2D eigenvalue weighted by molar-refractivity contribution is 5.69. The molecule has 6 heteroatoms. The molecule has 4 aliphatic carbocycles. The average Bonchev–Trinajstić information content (AvgIpc) is 3.65. The summed E-state index contributed by atoms with van der Waals surface area (Å²) in [6.45, 7) is 18.1. The lowest BCUT2D eigenvalue weighted by Crippen LogP contribution is -2.58. The number of aliphatic hydroxyl groups excluding tert-OH is 1. The predicted octanol–water partition coefficient (Wildman–Crippen LogP) is 11.5. The van der Waals surface area contributed by atoms with Crippen molar-refractivity contribution in [2.75, 3.05) is 7.11 Å². The fraction of sp³-hybridized carbons (Fsp3) is 0.936. The van der Waals surface area contributed by atoms with Crippen LogP contribution < -0.4 is 0 Å². The van der Waals surface area contributed by atoms with Crippen molar-refractivity contribution in [3.8, 4) is 0 Å². The number of hydrogen-bond acceptors (Lipinski definition) is 6. The number of unbranched alkanes of at least 4 members (excludes halogenated alkanes) is 12. The summed E-state index contributed by atoms with van der Waals surface area (Å²) < 4.78 is 18.6. The van der Waals surface area contributed by atoms with Gasteiger partial charge >= 0.3 is 5.97 Å². The molecule has 0 aromatic rings. The number of esters is 1. The quantitative estimate of drug-likeness (QED) is 0.0779. The first-order chi connectivity index (χ1) is 25.0. The normalized spacial score (nSPS) is 38.5. The van der Waals surface area contributed by atoms with Crippen LogP contribution in [-0.2, 0) is 19.0 Å².